The molecule has 0 aliphatic heterocycles. The van der Waals surface area contributed by atoms with Gasteiger partial charge in [-0.1, -0.05) is 0 Å². The van der Waals surface area contributed by atoms with Crippen molar-refractivity contribution in [2.45, 2.75) is 13.8 Å². The zero-order chi connectivity index (χ0) is 8.36. The van der Waals surface area contributed by atoms with Crippen molar-refractivity contribution in [1.29, 1.82) is 0 Å². The predicted molar refractivity (Wildman–Crippen MR) is 49.5 cm³/mol. The Morgan fingerprint density at radius 2 is 1.33 bits per heavy atom. The fourth-order valence-electron chi connectivity index (χ4n) is 0.411. The topological polar surface area (TPSA) is 36.9 Å². The Morgan fingerprint density at radius 3 is 1.67 bits per heavy atom. The van der Waals surface area contributed by atoms with Gasteiger partial charge < -0.3 is 17.1 Å². The summed E-state index contributed by atoms with van der Waals surface area (Å²) in [7, 11) is 0. The van der Waals surface area contributed by atoms with Crippen molar-refractivity contribution < 1.29 is 17.1 Å². The van der Waals surface area contributed by atoms with Crippen LogP contribution in [0, 0.1) is 0 Å². The fraction of sp³-hybridized carbons (Fsp3) is 1.00. The van der Waals surface area contributed by atoms with E-state index in [1.54, 1.807) is 0 Å². The second-order valence-electron chi connectivity index (χ2n) is 1.75. The van der Waals surface area contributed by atoms with Gasteiger partial charge in [0, 0.05) is 13.2 Å². The minimum atomic E-state index is -0.879. The molecule has 0 aliphatic rings. The summed E-state index contributed by atoms with van der Waals surface area (Å²) in [5.74, 6) is 0. The van der Waals surface area contributed by atoms with Crippen LogP contribution in [0.15, 0.2) is 0 Å². The Balaban J connectivity index is 0. The van der Waals surface area contributed by atoms with Crippen molar-refractivity contribution in [1.82, 2.24) is 0 Å². The van der Waals surface area contributed by atoms with Crippen molar-refractivity contribution in [2.75, 3.05) is 26.8 Å². The molecule has 0 aromatic rings. The van der Waals surface area contributed by atoms with E-state index >= 15 is 0 Å². The second kappa shape index (κ2) is 14.5. The van der Waals surface area contributed by atoms with Gasteiger partial charge in [-0.25, -0.2) is 0 Å². The molecule has 0 radical (unpaired) electrons. The molecular formula is C6H16AlLiO4. The van der Waals surface area contributed by atoms with Gasteiger partial charge >= 0.3 is 34.7 Å². The first kappa shape index (κ1) is 15.4. The average molecular weight is 186 g/mol. The van der Waals surface area contributed by atoms with Crippen molar-refractivity contribution in [2.24, 2.45) is 0 Å². The summed E-state index contributed by atoms with van der Waals surface area (Å²) >= 11 is -0.879. The van der Waals surface area contributed by atoms with Crippen LogP contribution in [-0.4, -0.2) is 61.5 Å². The average Bonchev–Trinajstić information content (AvgIpc) is 2.03. The molecule has 12 heavy (non-hydrogen) atoms. The molecule has 0 aromatic heterocycles. The monoisotopic (exact) mass is 186 g/mol. The first-order chi connectivity index (χ1) is 5.41. The molecule has 0 unspecified atom stereocenters. The van der Waals surface area contributed by atoms with Gasteiger partial charge in [-0.2, -0.15) is 0 Å². The summed E-state index contributed by atoms with van der Waals surface area (Å²) in [5, 5.41) is 0. The van der Waals surface area contributed by atoms with Crippen LogP contribution in [0.5, 0.6) is 0 Å². The Bertz CT molecular complexity index is 68.6. The van der Waals surface area contributed by atoms with E-state index in [2.05, 4.69) is 0 Å². The number of hydrogen-bond donors (Lipinski definition) is 0. The molecule has 0 rings (SSSR count). The van der Waals surface area contributed by atoms with Crippen molar-refractivity contribution in [3.8, 4) is 0 Å². The Morgan fingerprint density at radius 1 is 0.917 bits per heavy atom. The summed E-state index contributed by atoms with van der Waals surface area (Å²) in [6.45, 7) is 5.89. The molecule has 0 amide bonds. The first-order valence-electron chi connectivity index (χ1n) is 3.72. The second-order valence-corrected chi connectivity index (χ2v) is 2.80. The van der Waals surface area contributed by atoms with Crippen LogP contribution in [0.3, 0.4) is 0 Å². The van der Waals surface area contributed by atoms with Gasteiger partial charge in [0.1, 0.15) is 13.6 Å². The van der Waals surface area contributed by atoms with E-state index in [1.165, 1.54) is 0 Å². The summed E-state index contributed by atoms with van der Waals surface area (Å²) in [6, 6.07) is 0. The molecule has 0 fully saturated rings. The molecular weight excluding hydrogens is 170 g/mol. The zero-order valence-corrected chi connectivity index (χ0v) is 8.58. The molecule has 0 spiro atoms. The normalized spacial score (nSPS) is 9.17. The number of hydrogen-bond acceptors (Lipinski definition) is 4. The molecule has 0 N–H and O–H groups in total. The summed E-state index contributed by atoms with van der Waals surface area (Å²) < 4.78 is 19.9. The Kier molecular flexibility index (Phi) is 18.6. The van der Waals surface area contributed by atoms with E-state index in [0.717, 1.165) is 0 Å². The third-order valence-corrected chi connectivity index (χ3v) is 1.57. The van der Waals surface area contributed by atoms with Gasteiger partial charge in [-0.15, -0.1) is 0 Å². The van der Waals surface area contributed by atoms with Crippen LogP contribution < -0.4 is 0 Å². The fourth-order valence-corrected chi connectivity index (χ4v) is 0.901. The van der Waals surface area contributed by atoms with E-state index < -0.39 is 15.9 Å². The van der Waals surface area contributed by atoms with Crippen LogP contribution in [0.2, 0.25) is 0 Å². The molecule has 0 aromatic carbocycles. The van der Waals surface area contributed by atoms with Crippen molar-refractivity contribution in [3.05, 3.63) is 0 Å². The maximum atomic E-state index is 5.04. The predicted octanol–water partition coefficient (Wildman–Crippen LogP) is -0.374. The van der Waals surface area contributed by atoms with Gasteiger partial charge in [0.15, 0.2) is 0 Å². The van der Waals surface area contributed by atoms with E-state index in [0.29, 0.717) is 26.8 Å². The molecule has 0 saturated heterocycles. The molecule has 0 atom stereocenters. The van der Waals surface area contributed by atoms with Gasteiger partial charge in [0.05, 0.1) is 0 Å². The molecule has 6 heteroatoms. The van der Waals surface area contributed by atoms with Gasteiger partial charge in [0.2, 0.25) is 0 Å². The van der Waals surface area contributed by atoms with Crippen LogP contribution in [0.4, 0.5) is 0 Å². The van der Waals surface area contributed by atoms with Crippen LogP contribution in [0.25, 0.3) is 0 Å². The first-order valence-corrected chi connectivity index (χ1v) is 4.88. The van der Waals surface area contributed by atoms with Gasteiger partial charge in [0.25, 0.3) is 0 Å². The molecule has 0 bridgehead atoms. The quantitative estimate of drug-likeness (QED) is 0.294. The molecule has 4 nitrogen and oxygen atoms in total. The van der Waals surface area contributed by atoms with E-state index in [9.17, 15) is 0 Å². The summed E-state index contributed by atoms with van der Waals surface area (Å²) in [4.78, 5) is 0. The molecule has 0 heterocycles. The SMILES string of the molecule is CCOC[O][AlH][O]COCC.[LiH]. The van der Waals surface area contributed by atoms with E-state index in [1.807, 2.05) is 13.8 Å². The molecule has 68 valence electrons. The number of ether oxygens (including phenoxy) is 2. The van der Waals surface area contributed by atoms with Crippen LogP contribution >= 0.6 is 0 Å². The van der Waals surface area contributed by atoms with Crippen molar-refractivity contribution in [3.63, 3.8) is 0 Å². The van der Waals surface area contributed by atoms with Crippen molar-refractivity contribution >= 4 is 34.7 Å². The zero-order valence-electron chi connectivity index (χ0n) is 7.17. The number of rotatable bonds is 8. The minimum absolute atomic E-state index is 0. The standard InChI is InChI=1S/2C3H7O2.Al.Li.2H/c2*1-2-5-3-4;;;;/h2*2-3H2,1H3;;;;/q2*-1;+2;;;. The van der Waals surface area contributed by atoms with Gasteiger partial charge in [-0.3, -0.25) is 0 Å². The maximum absolute atomic E-state index is 5.04. The van der Waals surface area contributed by atoms with E-state index in [-0.39, 0.29) is 18.9 Å². The van der Waals surface area contributed by atoms with E-state index in [4.69, 9.17) is 17.1 Å². The van der Waals surface area contributed by atoms with Crippen LogP contribution in [0.1, 0.15) is 13.8 Å². The molecule has 0 aliphatic carbocycles. The van der Waals surface area contributed by atoms with Gasteiger partial charge in [-0.05, 0) is 13.8 Å². The summed E-state index contributed by atoms with van der Waals surface area (Å²) in [6.07, 6.45) is 0. The third kappa shape index (κ3) is 13.6. The Hall–Kier alpha value is 0.970. The third-order valence-electron chi connectivity index (χ3n) is 0.908. The molecule has 0 saturated carbocycles. The van der Waals surface area contributed by atoms with Crippen LogP contribution in [-0.2, 0) is 17.1 Å². The summed E-state index contributed by atoms with van der Waals surface area (Å²) in [5.41, 5.74) is 0. The Labute approximate surface area is 92.4 Å².